The molecule has 0 saturated heterocycles. The standard InChI is InChI=1S/C21H40/c1-21(18-14-10-6-3-7-11-15-19-21)20-16-12-8-4-2-5-9-13-17-20/h20H,2-19H2,1H3. The number of hydrogen-bond donors (Lipinski definition) is 0. The summed E-state index contributed by atoms with van der Waals surface area (Å²) in [5.74, 6) is 1.04. The molecule has 0 heteroatoms. The third-order valence-corrected chi connectivity index (χ3v) is 6.59. The second kappa shape index (κ2) is 9.90. The van der Waals surface area contributed by atoms with Gasteiger partial charge in [-0.25, -0.2) is 0 Å². The van der Waals surface area contributed by atoms with E-state index in [1.54, 1.807) is 0 Å². The molecule has 0 N–H and O–H groups in total. The first-order valence-electron chi connectivity index (χ1n) is 10.3. The molecule has 0 aliphatic heterocycles. The van der Waals surface area contributed by atoms with E-state index in [-0.39, 0.29) is 0 Å². The van der Waals surface area contributed by atoms with Gasteiger partial charge in [0.25, 0.3) is 0 Å². The molecule has 0 bridgehead atoms. The molecule has 0 amide bonds. The Morgan fingerprint density at radius 2 is 0.810 bits per heavy atom. The van der Waals surface area contributed by atoms with Crippen molar-refractivity contribution in [1.29, 1.82) is 0 Å². The molecule has 0 unspecified atom stereocenters. The molecular formula is C21H40. The van der Waals surface area contributed by atoms with Crippen LogP contribution in [0, 0.1) is 11.3 Å². The lowest BCUT2D eigenvalue weighted by Crippen LogP contribution is -2.28. The first-order valence-corrected chi connectivity index (χ1v) is 10.3. The van der Waals surface area contributed by atoms with Crippen molar-refractivity contribution >= 4 is 0 Å². The van der Waals surface area contributed by atoms with Gasteiger partial charge in [-0.2, -0.15) is 0 Å². The fourth-order valence-electron chi connectivity index (χ4n) is 4.98. The number of rotatable bonds is 1. The summed E-state index contributed by atoms with van der Waals surface area (Å²) in [5, 5.41) is 0. The minimum atomic E-state index is 0.677. The summed E-state index contributed by atoms with van der Waals surface area (Å²) in [7, 11) is 0. The van der Waals surface area contributed by atoms with Gasteiger partial charge in [0.05, 0.1) is 0 Å². The lowest BCUT2D eigenvalue weighted by Gasteiger charge is -2.39. The van der Waals surface area contributed by atoms with Crippen molar-refractivity contribution in [2.45, 2.75) is 122 Å². The van der Waals surface area contributed by atoms with E-state index >= 15 is 0 Å². The summed E-state index contributed by atoms with van der Waals surface area (Å²) in [6.45, 7) is 2.67. The van der Waals surface area contributed by atoms with Crippen LogP contribution in [0.15, 0.2) is 0 Å². The quantitative estimate of drug-likeness (QED) is 0.465. The van der Waals surface area contributed by atoms with Crippen LogP contribution in [-0.4, -0.2) is 0 Å². The van der Waals surface area contributed by atoms with Crippen LogP contribution in [0.5, 0.6) is 0 Å². The van der Waals surface area contributed by atoms with Crippen LogP contribution < -0.4 is 0 Å². The first kappa shape index (κ1) is 17.4. The predicted molar refractivity (Wildman–Crippen MR) is 94.7 cm³/mol. The molecule has 0 aromatic carbocycles. The third kappa shape index (κ3) is 6.33. The molecule has 0 radical (unpaired) electrons. The summed E-state index contributed by atoms with van der Waals surface area (Å²) in [4.78, 5) is 0. The van der Waals surface area contributed by atoms with E-state index in [2.05, 4.69) is 6.92 Å². The first-order chi connectivity index (χ1) is 10.3. The van der Waals surface area contributed by atoms with E-state index in [1.165, 1.54) is 116 Å². The van der Waals surface area contributed by atoms with Crippen molar-refractivity contribution in [3.8, 4) is 0 Å². The summed E-state index contributed by atoms with van der Waals surface area (Å²) in [6.07, 6.45) is 27.2. The van der Waals surface area contributed by atoms with Gasteiger partial charge in [-0.3, -0.25) is 0 Å². The third-order valence-electron chi connectivity index (χ3n) is 6.59. The highest BCUT2D eigenvalue weighted by Crippen LogP contribution is 2.44. The molecule has 0 atom stereocenters. The summed E-state index contributed by atoms with van der Waals surface area (Å²) >= 11 is 0. The summed E-state index contributed by atoms with van der Waals surface area (Å²) in [6, 6.07) is 0. The highest BCUT2D eigenvalue weighted by Gasteiger charge is 2.32. The summed E-state index contributed by atoms with van der Waals surface area (Å²) in [5.41, 5.74) is 0.677. The molecular weight excluding hydrogens is 252 g/mol. The van der Waals surface area contributed by atoms with Crippen molar-refractivity contribution < 1.29 is 0 Å². The monoisotopic (exact) mass is 292 g/mol. The Morgan fingerprint density at radius 1 is 0.476 bits per heavy atom. The van der Waals surface area contributed by atoms with Crippen molar-refractivity contribution in [2.75, 3.05) is 0 Å². The molecule has 124 valence electrons. The lowest BCUT2D eigenvalue weighted by atomic mass is 9.66. The van der Waals surface area contributed by atoms with Gasteiger partial charge in [0.1, 0.15) is 0 Å². The molecule has 2 saturated carbocycles. The fraction of sp³-hybridized carbons (Fsp3) is 1.00. The molecule has 0 aromatic rings. The van der Waals surface area contributed by atoms with E-state index < -0.39 is 0 Å². The zero-order valence-corrected chi connectivity index (χ0v) is 14.8. The molecule has 0 nitrogen and oxygen atoms in total. The largest absolute Gasteiger partial charge is 0.0594 e. The van der Waals surface area contributed by atoms with Crippen molar-refractivity contribution in [2.24, 2.45) is 11.3 Å². The van der Waals surface area contributed by atoms with Crippen LogP contribution in [0.3, 0.4) is 0 Å². The van der Waals surface area contributed by atoms with Gasteiger partial charge < -0.3 is 0 Å². The van der Waals surface area contributed by atoms with E-state index in [0.717, 1.165) is 5.92 Å². The van der Waals surface area contributed by atoms with Crippen LogP contribution in [-0.2, 0) is 0 Å². The van der Waals surface area contributed by atoms with Gasteiger partial charge in [0.2, 0.25) is 0 Å². The van der Waals surface area contributed by atoms with Gasteiger partial charge in [-0.15, -0.1) is 0 Å². The Morgan fingerprint density at radius 3 is 1.24 bits per heavy atom. The zero-order valence-electron chi connectivity index (χ0n) is 14.8. The van der Waals surface area contributed by atoms with Crippen LogP contribution >= 0.6 is 0 Å². The molecule has 0 heterocycles. The normalized spacial score (nSPS) is 27.9. The highest BCUT2D eigenvalue weighted by molar-refractivity contribution is 4.83. The maximum atomic E-state index is 2.67. The van der Waals surface area contributed by atoms with Gasteiger partial charge >= 0.3 is 0 Å². The average molecular weight is 293 g/mol. The maximum Gasteiger partial charge on any atom is -0.0298 e. The van der Waals surface area contributed by atoms with Gasteiger partial charge in [0.15, 0.2) is 0 Å². The SMILES string of the molecule is CC1(C2CCCCCCCCC2)CCCCCCCCC1. The topological polar surface area (TPSA) is 0 Å². The smallest absolute Gasteiger partial charge is 0.0298 e. The number of hydrogen-bond acceptors (Lipinski definition) is 0. The van der Waals surface area contributed by atoms with Gasteiger partial charge in [-0.1, -0.05) is 96.8 Å². The zero-order chi connectivity index (χ0) is 14.8. The van der Waals surface area contributed by atoms with Gasteiger partial charge in [-0.05, 0) is 37.0 Å². The Balaban J connectivity index is 1.93. The minimum absolute atomic E-state index is 0.677. The maximum absolute atomic E-state index is 2.67. The summed E-state index contributed by atoms with van der Waals surface area (Å²) < 4.78 is 0. The molecule has 2 aliphatic carbocycles. The van der Waals surface area contributed by atoms with Crippen molar-refractivity contribution in [3.63, 3.8) is 0 Å². The lowest BCUT2D eigenvalue weighted by molar-refractivity contribution is 0.115. The van der Waals surface area contributed by atoms with Crippen molar-refractivity contribution in [1.82, 2.24) is 0 Å². The minimum Gasteiger partial charge on any atom is -0.0594 e. The van der Waals surface area contributed by atoms with Crippen LogP contribution in [0.4, 0.5) is 0 Å². The Labute approximate surface area is 134 Å². The van der Waals surface area contributed by atoms with E-state index in [9.17, 15) is 0 Å². The van der Waals surface area contributed by atoms with Crippen LogP contribution in [0.1, 0.15) is 122 Å². The molecule has 2 rings (SSSR count). The molecule has 21 heavy (non-hydrogen) atoms. The second-order valence-corrected chi connectivity index (χ2v) is 8.38. The van der Waals surface area contributed by atoms with Crippen LogP contribution in [0.2, 0.25) is 0 Å². The molecule has 0 spiro atoms. The predicted octanol–water partition coefficient (Wildman–Crippen LogP) is 7.66. The fourth-order valence-corrected chi connectivity index (χ4v) is 4.98. The van der Waals surface area contributed by atoms with E-state index in [1.807, 2.05) is 0 Å². The van der Waals surface area contributed by atoms with E-state index in [4.69, 9.17) is 0 Å². The molecule has 2 fully saturated rings. The van der Waals surface area contributed by atoms with Crippen molar-refractivity contribution in [3.05, 3.63) is 0 Å². The Bertz CT molecular complexity index is 235. The van der Waals surface area contributed by atoms with Gasteiger partial charge in [0, 0.05) is 0 Å². The average Bonchev–Trinajstić information content (AvgIpc) is 2.51. The molecule has 2 aliphatic rings. The highest BCUT2D eigenvalue weighted by atomic mass is 14.4. The Kier molecular flexibility index (Phi) is 8.19. The second-order valence-electron chi connectivity index (χ2n) is 8.38. The van der Waals surface area contributed by atoms with E-state index in [0.29, 0.717) is 5.41 Å². The Hall–Kier alpha value is 0. The molecule has 0 aromatic heterocycles. The van der Waals surface area contributed by atoms with Crippen LogP contribution in [0.25, 0.3) is 0 Å².